The Kier molecular flexibility index (Phi) is 2.86. The summed E-state index contributed by atoms with van der Waals surface area (Å²) in [6.07, 6.45) is 5.12. The maximum atomic E-state index is 11.4. The van der Waals surface area contributed by atoms with Gasteiger partial charge in [-0.15, -0.1) is 6.58 Å². The number of fused-ring (bicyclic) bond motifs is 1. The fourth-order valence-electron chi connectivity index (χ4n) is 1.34. The zero-order chi connectivity index (χ0) is 11.4. The third-order valence-electron chi connectivity index (χ3n) is 2.06. The highest BCUT2D eigenvalue weighted by atomic mass is 16.2. The molecule has 0 atom stereocenters. The van der Waals surface area contributed by atoms with Gasteiger partial charge in [-0.05, 0) is 18.2 Å². The molecule has 2 heterocycles. The van der Waals surface area contributed by atoms with Crippen molar-refractivity contribution in [3.63, 3.8) is 0 Å². The Labute approximate surface area is 92.8 Å². The van der Waals surface area contributed by atoms with Crippen molar-refractivity contribution in [1.82, 2.24) is 14.9 Å². The van der Waals surface area contributed by atoms with Gasteiger partial charge < -0.3 is 10.6 Å². The predicted octanol–water partition coefficient (Wildman–Crippen LogP) is 1.64. The van der Waals surface area contributed by atoms with Gasteiger partial charge in [0.1, 0.15) is 0 Å². The molecule has 82 valence electrons. The minimum absolute atomic E-state index is 0.247. The quantitative estimate of drug-likeness (QED) is 0.766. The van der Waals surface area contributed by atoms with Crippen LogP contribution in [0.1, 0.15) is 0 Å². The van der Waals surface area contributed by atoms with Crippen LogP contribution in [0.2, 0.25) is 0 Å². The maximum absolute atomic E-state index is 11.4. The summed E-state index contributed by atoms with van der Waals surface area (Å²) < 4.78 is 1.73. The number of amides is 2. The molecule has 0 fully saturated rings. The summed E-state index contributed by atoms with van der Waals surface area (Å²) in [4.78, 5) is 11.4. The number of aromatic nitrogens is 2. The lowest BCUT2D eigenvalue weighted by Crippen LogP contribution is -2.28. The third kappa shape index (κ3) is 2.20. The Bertz CT molecular complexity index is 517. The standard InChI is InChI=1S/C11H12N4O/c1-2-5-12-11(16)14-9-4-7-15-10(8-9)3-6-13-15/h2-4,6-8H,1,5H2,(H2,12,14,16). The summed E-state index contributed by atoms with van der Waals surface area (Å²) >= 11 is 0. The lowest BCUT2D eigenvalue weighted by atomic mass is 10.3. The molecule has 0 radical (unpaired) electrons. The van der Waals surface area contributed by atoms with Crippen molar-refractivity contribution >= 4 is 17.2 Å². The van der Waals surface area contributed by atoms with Gasteiger partial charge in [0.05, 0.1) is 5.52 Å². The van der Waals surface area contributed by atoms with Gasteiger partial charge in [-0.3, -0.25) is 0 Å². The monoisotopic (exact) mass is 216 g/mol. The molecule has 0 aliphatic heterocycles. The van der Waals surface area contributed by atoms with Crippen LogP contribution in [-0.4, -0.2) is 22.2 Å². The van der Waals surface area contributed by atoms with Gasteiger partial charge in [0.2, 0.25) is 0 Å². The van der Waals surface area contributed by atoms with Crippen LogP contribution >= 0.6 is 0 Å². The molecule has 0 aromatic carbocycles. The minimum Gasteiger partial charge on any atom is -0.334 e. The van der Waals surface area contributed by atoms with Gasteiger partial charge in [-0.2, -0.15) is 5.10 Å². The number of carbonyl (C=O) groups excluding carboxylic acids is 1. The van der Waals surface area contributed by atoms with Gasteiger partial charge in [-0.1, -0.05) is 6.08 Å². The smallest absolute Gasteiger partial charge is 0.319 e. The molecule has 5 nitrogen and oxygen atoms in total. The van der Waals surface area contributed by atoms with Crippen molar-refractivity contribution in [3.8, 4) is 0 Å². The van der Waals surface area contributed by atoms with Crippen LogP contribution in [0.3, 0.4) is 0 Å². The van der Waals surface area contributed by atoms with Crippen LogP contribution in [0.25, 0.3) is 5.52 Å². The first-order valence-corrected chi connectivity index (χ1v) is 4.89. The highest BCUT2D eigenvalue weighted by Crippen LogP contribution is 2.10. The van der Waals surface area contributed by atoms with E-state index in [-0.39, 0.29) is 6.03 Å². The van der Waals surface area contributed by atoms with Crippen molar-refractivity contribution in [2.45, 2.75) is 0 Å². The van der Waals surface area contributed by atoms with E-state index in [2.05, 4.69) is 22.3 Å². The zero-order valence-corrected chi connectivity index (χ0v) is 8.68. The van der Waals surface area contributed by atoms with E-state index in [0.717, 1.165) is 11.2 Å². The van der Waals surface area contributed by atoms with Crippen LogP contribution in [-0.2, 0) is 0 Å². The molecule has 0 spiro atoms. The summed E-state index contributed by atoms with van der Waals surface area (Å²) in [6, 6.07) is 5.25. The first-order chi connectivity index (χ1) is 7.79. The average Bonchev–Trinajstić information content (AvgIpc) is 2.73. The number of rotatable bonds is 3. The number of nitrogens with one attached hydrogen (secondary N) is 2. The summed E-state index contributed by atoms with van der Waals surface area (Å²) in [7, 11) is 0. The molecular weight excluding hydrogens is 204 g/mol. The zero-order valence-electron chi connectivity index (χ0n) is 8.68. The van der Waals surface area contributed by atoms with Crippen LogP contribution in [0, 0.1) is 0 Å². The van der Waals surface area contributed by atoms with Crippen LogP contribution in [0.4, 0.5) is 10.5 Å². The van der Waals surface area contributed by atoms with E-state index in [1.807, 2.05) is 12.1 Å². The summed E-state index contributed by atoms with van der Waals surface area (Å²) in [5.74, 6) is 0. The summed E-state index contributed by atoms with van der Waals surface area (Å²) in [5, 5.41) is 9.42. The second-order valence-electron chi connectivity index (χ2n) is 3.24. The fraction of sp³-hybridized carbons (Fsp3) is 0.0909. The molecule has 0 bridgehead atoms. The molecule has 0 saturated carbocycles. The first kappa shape index (κ1) is 10.2. The number of hydrogen-bond donors (Lipinski definition) is 2. The number of urea groups is 1. The molecule has 5 heteroatoms. The van der Waals surface area contributed by atoms with Crippen molar-refractivity contribution in [2.75, 3.05) is 11.9 Å². The van der Waals surface area contributed by atoms with Crippen molar-refractivity contribution in [2.24, 2.45) is 0 Å². The largest absolute Gasteiger partial charge is 0.334 e. The van der Waals surface area contributed by atoms with E-state index in [4.69, 9.17) is 0 Å². The lowest BCUT2D eigenvalue weighted by Gasteiger charge is -2.05. The normalized spacial score (nSPS) is 10.0. The summed E-state index contributed by atoms with van der Waals surface area (Å²) in [5.41, 5.74) is 1.66. The molecule has 0 unspecified atom stereocenters. The highest BCUT2D eigenvalue weighted by Gasteiger charge is 2.01. The van der Waals surface area contributed by atoms with Crippen LogP contribution in [0.15, 0.2) is 43.2 Å². The SMILES string of the molecule is C=CCNC(=O)Nc1ccn2nccc2c1. The van der Waals surface area contributed by atoms with Crippen molar-refractivity contribution < 1.29 is 4.79 Å². The second kappa shape index (κ2) is 4.48. The average molecular weight is 216 g/mol. The van der Waals surface area contributed by atoms with E-state index >= 15 is 0 Å². The van der Waals surface area contributed by atoms with Gasteiger partial charge in [0, 0.05) is 24.6 Å². The number of pyridine rings is 1. The van der Waals surface area contributed by atoms with Crippen LogP contribution in [0.5, 0.6) is 0 Å². The second-order valence-corrected chi connectivity index (χ2v) is 3.24. The van der Waals surface area contributed by atoms with E-state index in [9.17, 15) is 4.79 Å². The number of nitrogens with zero attached hydrogens (tertiary/aromatic N) is 2. The van der Waals surface area contributed by atoms with Gasteiger partial charge in [0.15, 0.2) is 0 Å². The molecule has 16 heavy (non-hydrogen) atoms. The molecule has 0 aliphatic carbocycles. The van der Waals surface area contributed by atoms with Crippen molar-refractivity contribution in [1.29, 1.82) is 0 Å². The van der Waals surface area contributed by atoms with E-state index in [1.54, 1.807) is 29.1 Å². The fourth-order valence-corrected chi connectivity index (χ4v) is 1.34. The molecule has 2 N–H and O–H groups in total. The van der Waals surface area contributed by atoms with E-state index in [1.165, 1.54) is 0 Å². The third-order valence-corrected chi connectivity index (χ3v) is 2.06. The van der Waals surface area contributed by atoms with Crippen LogP contribution < -0.4 is 10.6 Å². The maximum Gasteiger partial charge on any atom is 0.319 e. The number of anilines is 1. The van der Waals surface area contributed by atoms with Gasteiger partial charge in [-0.25, -0.2) is 9.31 Å². The lowest BCUT2D eigenvalue weighted by molar-refractivity contribution is 0.253. The predicted molar refractivity (Wildman–Crippen MR) is 62.4 cm³/mol. The van der Waals surface area contributed by atoms with Gasteiger partial charge in [0.25, 0.3) is 0 Å². The van der Waals surface area contributed by atoms with Crippen molar-refractivity contribution in [3.05, 3.63) is 43.2 Å². The molecule has 0 saturated heterocycles. The summed E-state index contributed by atoms with van der Waals surface area (Å²) in [6.45, 7) is 3.96. The Morgan fingerprint density at radius 1 is 1.56 bits per heavy atom. The molecule has 2 rings (SSSR count). The van der Waals surface area contributed by atoms with Gasteiger partial charge >= 0.3 is 6.03 Å². The molecular formula is C11H12N4O. The Morgan fingerprint density at radius 3 is 3.25 bits per heavy atom. The number of hydrogen-bond acceptors (Lipinski definition) is 2. The van der Waals surface area contributed by atoms with E-state index in [0.29, 0.717) is 6.54 Å². The Balaban J connectivity index is 2.08. The topological polar surface area (TPSA) is 58.4 Å². The minimum atomic E-state index is -0.247. The highest BCUT2D eigenvalue weighted by molar-refractivity contribution is 5.89. The van der Waals surface area contributed by atoms with E-state index < -0.39 is 0 Å². The Hall–Kier alpha value is -2.30. The first-order valence-electron chi connectivity index (χ1n) is 4.89. The number of carbonyl (C=O) groups is 1. The molecule has 2 aromatic rings. The Morgan fingerprint density at radius 2 is 2.44 bits per heavy atom. The molecule has 0 aliphatic rings. The molecule has 2 amide bonds. The molecule has 2 aromatic heterocycles.